The summed E-state index contributed by atoms with van der Waals surface area (Å²) in [5.41, 5.74) is 2.65. The van der Waals surface area contributed by atoms with E-state index < -0.39 is 0 Å². The van der Waals surface area contributed by atoms with E-state index in [2.05, 4.69) is 20.4 Å². The Labute approximate surface area is 186 Å². The van der Waals surface area contributed by atoms with E-state index in [4.69, 9.17) is 21.1 Å². The van der Waals surface area contributed by atoms with Crippen LogP contribution in [-0.2, 0) is 0 Å². The number of halogens is 1. The minimum Gasteiger partial charge on any atom is -0.493 e. The summed E-state index contributed by atoms with van der Waals surface area (Å²) >= 11 is 6.39. The molecule has 1 N–H and O–H groups in total. The van der Waals surface area contributed by atoms with Gasteiger partial charge < -0.3 is 14.8 Å². The monoisotopic (exact) mass is 443 g/mol. The minimum atomic E-state index is -0.374. The number of aryl methyl sites for hydroxylation is 3. The van der Waals surface area contributed by atoms with Crippen LogP contribution in [0.3, 0.4) is 0 Å². The Morgan fingerprint density at radius 2 is 1.77 bits per heavy atom. The quantitative estimate of drug-likeness (QED) is 0.576. The molecule has 0 unspecified atom stereocenters. The van der Waals surface area contributed by atoms with Gasteiger partial charge in [0.2, 0.25) is 0 Å². The number of benzene rings is 1. The van der Waals surface area contributed by atoms with E-state index in [-0.39, 0.29) is 5.91 Å². The Hall–Kier alpha value is -3.13. The average molecular weight is 444 g/mol. The van der Waals surface area contributed by atoms with E-state index in [0.717, 1.165) is 11.4 Å². The summed E-state index contributed by atoms with van der Waals surface area (Å²) in [5, 5.41) is 7.58. The molecule has 0 aliphatic heterocycles. The lowest BCUT2D eigenvalue weighted by Gasteiger charge is -2.15. The lowest BCUT2D eigenvalue weighted by molar-refractivity contribution is 0.102. The average Bonchev–Trinajstić information content (AvgIpc) is 3.05. The summed E-state index contributed by atoms with van der Waals surface area (Å²) in [5.74, 6) is 1.58. The van der Waals surface area contributed by atoms with Gasteiger partial charge in [0.25, 0.3) is 11.9 Å². The highest BCUT2D eigenvalue weighted by atomic mass is 35.5. The van der Waals surface area contributed by atoms with Gasteiger partial charge in [-0.15, -0.1) is 0 Å². The second-order valence-electron chi connectivity index (χ2n) is 7.68. The first-order valence-corrected chi connectivity index (χ1v) is 10.3. The van der Waals surface area contributed by atoms with E-state index in [1.54, 1.807) is 18.2 Å². The molecular weight excluding hydrogens is 418 g/mol. The number of hydrogen-bond acceptors (Lipinski definition) is 6. The van der Waals surface area contributed by atoms with Crippen LogP contribution in [0.25, 0.3) is 5.95 Å². The maximum atomic E-state index is 13.0. The van der Waals surface area contributed by atoms with Crippen LogP contribution in [0.15, 0.2) is 24.3 Å². The van der Waals surface area contributed by atoms with Crippen molar-refractivity contribution in [1.29, 1.82) is 0 Å². The van der Waals surface area contributed by atoms with Crippen molar-refractivity contribution in [3.8, 4) is 17.4 Å². The van der Waals surface area contributed by atoms with Crippen LogP contribution in [0, 0.1) is 26.7 Å². The summed E-state index contributed by atoms with van der Waals surface area (Å²) < 4.78 is 12.7. The summed E-state index contributed by atoms with van der Waals surface area (Å²) in [6.45, 7) is 10.1. The highest BCUT2D eigenvalue weighted by Gasteiger charge is 2.19. The predicted octanol–water partition coefficient (Wildman–Crippen LogP) is 4.54. The van der Waals surface area contributed by atoms with Crippen LogP contribution in [0.4, 0.5) is 5.82 Å². The number of nitrogens with zero attached hydrogens (tertiary/aromatic N) is 4. The topological polar surface area (TPSA) is 91.2 Å². The number of aromatic nitrogens is 4. The fourth-order valence-corrected chi connectivity index (χ4v) is 3.24. The van der Waals surface area contributed by atoms with Crippen molar-refractivity contribution < 1.29 is 14.3 Å². The van der Waals surface area contributed by atoms with Crippen LogP contribution in [0.5, 0.6) is 11.5 Å². The van der Waals surface area contributed by atoms with Gasteiger partial charge in [-0.2, -0.15) is 9.78 Å². The van der Waals surface area contributed by atoms with Gasteiger partial charge in [0.15, 0.2) is 11.5 Å². The van der Waals surface area contributed by atoms with Crippen LogP contribution < -0.4 is 14.8 Å². The van der Waals surface area contributed by atoms with Crippen molar-refractivity contribution >= 4 is 23.3 Å². The smallest absolute Gasteiger partial charge is 0.257 e. The lowest BCUT2D eigenvalue weighted by atomic mass is 10.1. The van der Waals surface area contributed by atoms with Crippen molar-refractivity contribution in [3.05, 3.63) is 51.9 Å². The van der Waals surface area contributed by atoms with E-state index in [1.807, 2.05) is 40.7 Å². The molecule has 0 fully saturated rings. The number of hydrogen-bond donors (Lipinski definition) is 1. The third-order valence-electron chi connectivity index (χ3n) is 4.29. The standard InChI is InChI=1S/C22H26ClN5O3/c1-12(2)11-31-20-17(23)9-16(10-18(20)30-6)21(29)26-19-8-15(5)27-28(19)22-24-13(3)7-14(4)25-22/h7-10,12H,11H2,1-6H3,(H,26,29). The molecule has 0 saturated heterocycles. The summed E-state index contributed by atoms with van der Waals surface area (Å²) in [6, 6.07) is 6.76. The van der Waals surface area contributed by atoms with Gasteiger partial charge in [-0.25, -0.2) is 9.97 Å². The van der Waals surface area contributed by atoms with Crippen LogP contribution >= 0.6 is 11.6 Å². The zero-order valence-electron chi connectivity index (χ0n) is 18.5. The number of rotatable bonds is 7. The molecule has 9 heteroatoms. The van der Waals surface area contributed by atoms with E-state index in [0.29, 0.717) is 52.1 Å². The maximum absolute atomic E-state index is 13.0. The third kappa shape index (κ3) is 5.32. The van der Waals surface area contributed by atoms with Gasteiger partial charge in [-0.05, 0) is 44.9 Å². The summed E-state index contributed by atoms with van der Waals surface area (Å²) in [6.07, 6.45) is 0. The van der Waals surface area contributed by atoms with Gasteiger partial charge >= 0.3 is 0 Å². The number of carbonyl (C=O) groups is 1. The van der Waals surface area contributed by atoms with E-state index >= 15 is 0 Å². The normalized spacial score (nSPS) is 11.0. The molecule has 164 valence electrons. The van der Waals surface area contributed by atoms with Crippen molar-refractivity contribution in [3.63, 3.8) is 0 Å². The molecule has 3 aromatic rings. The number of ether oxygens (including phenoxy) is 2. The van der Waals surface area contributed by atoms with Crippen LogP contribution in [0.2, 0.25) is 5.02 Å². The number of methoxy groups -OCH3 is 1. The first-order valence-electron chi connectivity index (χ1n) is 9.89. The van der Waals surface area contributed by atoms with Crippen LogP contribution in [0.1, 0.15) is 41.3 Å². The minimum absolute atomic E-state index is 0.299. The molecule has 0 aliphatic rings. The molecule has 31 heavy (non-hydrogen) atoms. The van der Waals surface area contributed by atoms with Crippen LogP contribution in [-0.4, -0.2) is 39.4 Å². The SMILES string of the molecule is COc1cc(C(=O)Nc2cc(C)nn2-c2nc(C)cc(C)n2)cc(Cl)c1OCC(C)C. The Bertz CT molecular complexity index is 1090. The zero-order valence-corrected chi connectivity index (χ0v) is 19.2. The van der Waals surface area contributed by atoms with Gasteiger partial charge in [0.05, 0.1) is 24.4 Å². The molecule has 8 nitrogen and oxygen atoms in total. The lowest BCUT2D eigenvalue weighted by Crippen LogP contribution is -2.17. The molecule has 0 aliphatic carbocycles. The predicted molar refractivity (Wildman–Crippen MR) is 120 cm³/mol. The fraction of sp³-hybridized carbons (Fsp3) is 0.364. The first-order chi connectivity index (χ1) is 14.7. The highest BCUT2D eigenvalue weighted by molar-refractivity contribution is 6.32. The number of carbonyl (C=O) groups excluding carboxylic acids is 1. The maximum Gasteiger partial charge on any atom is 0.257 e. The molecule has 0 bridgehead atoms. The number of anilines is 1. The Morgan fingerprint density at radius 3 is 2.39 bits per heavy atom. The first kappa shape index (κ1) is 22.6. The highest BCUT2D eigenvalue weighted by Crippen LogP contribution is 2.37. The molecule has 2 aromatic heterocycles. The molecule has 1 amide bonds. The van der Waals surface area contributed by atoms with Gasteiger partial charge in [0, 0.05) is 23.0 Å². The number of amides is 1. The second-order valence-corrected chi connectivity index (χ2v) is 8.09. The van der Waals surface area contributed by atoms with E-state index in [1.165, 1.54) is 11.8 Å². The molecular formula is C22H26ClN5O3. The van der Waals surface area contributed by atoms with Crippen molar-refractivity contribution in [2.24, 2.45) is 5.92 Å². The summed E-state index contributed by atoms with van der Waals surface area (Å²) in [7, 11) is 1.51. The summed E-state index contributed by atoms with van der Waals surface area (Å²) in [4.78, 5) is 21.8. The Balaban J connectivity index is 1.91. The van der Waals surface area contributed by atoms with Crippen molar-refractivity contribution in [1.82, 2.24) is 19.7 Å². The van der Waals surface area contributed by atoms with Gasteiger partial charge in [-0.3, -0.25) is 4.79 Å². The number of nitrogens with one attached hydrogen (secondary N) is 1. The molecule has 0 saturated carbocycles. The van der Waals surface area contributed by atoms with Crippen molar-refractivity contribution in [2.75, 3.05) is 19.0 Å². The molecule has 3 rings (SSSR count). The van der Waals surface area contributed by atoms with Crippen molar-refractivity contribution in [2.45, 2.75) is 34.6 Å². The van der Waals surface area contributed by atoms with Gasteiger partial charge in [0.1, 0.15) is 5.82 Å². The molecule has 2 heterocycles. The fourth-order valence-electron chi connectivity index (χ4n) is 2.97. The molecule has 0 radical (unpaired) electrons. The Morgan fingerprint density at radius 1 is 1.10 bits per heavy atom. The Kier molecular flexibility index (Phi) is 6.80. The zero-order chi connectivity index (χ0) is 22.7. The third-order valence-corrected chi connectivity index (χ3v) is 4.57. The largest absolute Gasteiger partial charge is 0.493 e. The van der Waals surface area contributed by atoms with E-state index in [9.17, 15) is 4.79 Å². The van der Waals surface area contributed by atoms with Gasteiger partial charge in [-0.1, -0.05) is 25.4 Å². The molecule has 0 atom stereocenters. The molecule has 0 spiro atoms. The second kappa shape index (κ2) is 9.34. The molecule has 1 aromatic carbocycles.